The van der Waals surface area contributed by atoms with Crippen LogP contribution < -0.4 is 5.32 Å². The van der Waals surface area contributed by atoms with Crippen molar-refractivity contribution in [3.8, 4) is 6.07 Å². The molecular weight excluding hydrogens is 284 g/mol. The van der Waals surface area contributed by atoms with Crippen LogP contribution >= 0.6 is 0 Å². The van der Waals surface area contributed by atoms with Gasteiger partial charge in [-0.3, -0.25) is 0 Å². The molecule has 0 amide bonds. The zero-order valence-electron chi connectivity index (χ0n) is 11.5. The number of anilines is 1. The quantitative estimate of drug-likeness (QED) is 0.946. The fraction of sp³-hybridized carbons (Fsp3) is 0.312. The number of fused-ring (bicyclic) bond motifs is 1. The average molecular weight is 300 g/mol. The van der Waals surface area contributed by atoms with Crippen molar-refractivity contribution < 1.29 is 8.42 Å². The van der Waals surface area contributed by atoms with E-state index in [2.05, 4.69) is 11.4 Å². The minimum Gasteiger partial charge on any atom is -0.383 e. The van der Waals surface area contributed by atoms with E-state index < -0.39 is 9.84 Å². The van der Waals surface area contributed by atoms with Crippen molar-refractivity contribution in [1.29, 1.82) is 5.26 Å². The molecule has 0 bridgehead atoms. The first-order valence-corrected chi connectivity index (χ1v) is 8.70. The van der Waals surface area contributed by atoms with E-state index >= 15 is 0 Å². The maximum atomic E-state index is 11.9. The first-order valence-electron chi connectivity index (χ1n) is 6.99. The highest BCUT2D eigenvalue weighted by Gasteiger charge is 2.30. The Labute approximate surface area is 124 Å². The molecule has 0 aromatic heterocycles. The van der Waals surface area contributed by atoms with Crippen LogP contribution in [-0.4, -0.2) is 26.0 Å². The lowest BCUT2D eigenvalue weighted by Crippen LogP contribution is -2.25. The van der Waals surface area contributed by atoms with Gasteiger partial charge in [-0.1, -0.05) is 24.3 Å². The first kappa shape index (κ1) is 13.9. The summed E-state index contributed by atoms with van der Waals surface area (Å²) in [5.74, 6) is 0.299. The summed E-state index contributed by atoms with van der Waals surface area (Å²) in [5, 5.41) is 13.9. The molecule has 1 atom stereocenters. The van der Waals surface area contributed by atoms with Gasteiger partial charge in [0.1, 0.15) is 0 Å². The Morgan fingerprint density at radius 3 is 2.62 bits per heavy atom. The molecule has 5 heteroatoms. The molecule has 3 rings (SSSR count). The van der Waals surface area contributed by atoms with Gasteiger partial charge in [0, 0.05) is 23.0 Å². The summed E-state index contributed by atoms with van der Waals surface area (Å²) in [6.07, 6.45) is 1.48. The fourth-order valence-electron chi connectivity index (χ4n) is 2.86. The molecule has 1 aliphatic rings. The number of nitriles is 1. The Bertz CT molecular complexity index is 822. The smallest absolute Gasteiger partial charge is 0.154 e. The normalized spacial score (nSPS) is 20.2. The van der Waals surface area contributed by atoms with Gasteiger partial charge in [0.25, 0.3) is 0 Å². The van der Waals surface area contributed by atoms with Crippen LogP contribution in [0.25, 0.3) is 10.8 Å². The van der Waals surface area contributed by atoms with Gasteiger partial charge in [0.05, 0.1) is 22.6 Å². The molecule has 0 radical (unpaired) electrons. The molecule has 0 aliphatic carbocycles. The molecule has 1 heterocycles. The van der Waals surface area contributed by atoms with Crippen molar-refractivity contribution in [3.63, 3.8) is 0 Å². The van der Waals surface area contributed by atoms with Crippen molar-refractivity contribution in [1.82, 2.24) is 0 Å². The Balaban J connectivity index is 1.90. The minimum absolute atomic E-state index is 0.299. The molecule has 1 fully saturated rings. The number of hydrogen-bond donors (Lipinski definition) is 1. The number of benzene rings is 2. The van der Waals surface area contributed by atoms with Crippen LogP contribution in [0.2, 0.25) is 0 Å². The lowest BCUT2D eigenvalue weighted by molar-refractivity contribution is 0.591. The molecule has 0 spiro atoms. The number of sulfone groups is 1. The number of rotatable bonds is 3. The van der Waals surface area contributed by atoms with Crippen LogP contribution in [0.4, 0.5) is 5.69 Å². The van der Waals surface area contributed by atoms with Crippen molar-refractivity contribution >= 4 is 26.3 Å². The standard InChI is InChI=1S/C16H16N2O2S/c17-10-12-7-8-16(15-6-2-1-5-14(12)15)18-11-13-4-3-9-21(13,19)20/h1-2,5-8,13,18H,3-4,9,11H2. The van der Waals surface area contributed by atoms with Gasteiger partial charge in [0.2, 0.25) is 0 Å². The molecule has 4 nitrogen and oxygen atoms in total. The zero-order valence-corrected chi connectivity index (χ0v) is 12.4. The largest absolute Gasteiger partial charge is 0.383 e. The highest BCUT2D eigenvalue weighted by atomic mass is 32.2. The van der Waals surface area contributed by atoms with Gasteiger partial charge in [-0.2, -0.15) is 5.26 Å². The lowest BCUT2D eigenvalue weighted by Gasteiger charge is -2.14. The summed E-state index contributed by atoms with van der Waals surface area (Å²) in [7, 11) is -2.94. The summed E-state index contributed by atoms with van der Waals surface area (Å²) >= 11 is 0. The van der Waals surface area contributed by atoms with Crippen LogP contribution in [0, 0.1) is 11.3 Å². The maximum absolute atomic E-state index is 11.9. The first-order chi connectivity index (χ1) is 10.1. The molecule has 2 aromatic rings. The van der Waals surface area contributed by atoms with E-state index in [-0.39, 0.29) is 5.25 Å². The van der Waals surface area contributed by atoms with Gasteiger partial charge in [-0.15, -0.1) is 0 Å². The van der Waals surface area contributed by atoms with Crippen molar-refractivity contribution in [2.24, 2.45) is 0 Å². The zero-order chi connectivity index (χ0) is 14.9. The number of nitrogens with zero attached hydrogens (tertiary/aromatic N) is 1. The van der Waals surface area contributed by atoms with Gasteiger partial charge >= 0.3 is 0 Å². The van der Waals surface area contributed by atoms with Gasteiger partial charge in [0.15, 0.2) is 9.84 Å². The van der Waals surface area contributed by atoms with Crippen molar-refractivity contribution in [3.05, 3.63) is 42.0 Å². The second-order valence-corrected chi connectivity index (χ2v) is 7.73. The van der Waals surface area contributed by atoms with Gasteiger partial charge in [-0.25, -0.2) is 8.42 Å². The second-order valence-electron chi connectivity index (χ2n) is 5.33. The summed E-state index contributed by atoms with van der Waals surface area (Å²) in [6, 6.07) is 13.5. The van der Waals surface area contributed by atoms with Crippen molar-refractivity contribution in [2.45, 2.75) is 18.1 Å². The van der Waals surface area contributed by atoms with E-state index in [0.29, 0.717) is 17.9 Å². The third kappa shape index (κ3) is 2.59. The van der Waals surface area contributed by atoms with E-state index in [1.165, 1.54) is 0 Å². The second kappa shape index (κ2) is 5.38. The van der Waals surface area contributed by atoms with E-state index in [9.17, 15) is 8.42 Å². The van der Waals surface area contributed by atoms with Crippen LogP contribution in [-0.2, 0) is 9.84 Å². The lowest BCUT2D eigenvalue weighted by atomic mass is 10.0. The number of hydrogen-bond acceptors (Lipinski definition) is 4. The summed E-state index contributed by atoms with van der Waals surface area (Å²) in [4.78, 5) is 0. The highest BCUT2D eigenvalue weighted by molar-refractivity contribution is 7.92. The average Bonchev–Trinajstić information content (AvgIpc) is 2.83. The molecule has 1 aliphatic heterocycles. The third-order valence-corrected chi connectivity index (χ3v) is 6.30. The molecule has 108 valence electrons. The number of nitrogens with one attached hydrogen (secondary N) is 1. The van der Waals surface area contributed by atoms with E-state index in [1.807, 2.05) is 30.3 Å². The predicted octanol–water partition coefficient (Wildman–Crippen LogP) is 2.70. The molecule has 2 aromatic carbocycles. The minimum atomic E-state index is -2.94. The molecular formula is C16H16N2O2S. The highest BCUT2D eigenvalue weighted by Crippen LogP contribution is 2.27. The van der Waals surface area contributed by atoms with Gasteiger partial charge < -0.3 is 5.32 Å². The van der Waals surface area contributed by atoms with E-state index in [1.54, 1.807) is 6.07 Å². The van der Waals surface area contributed by atoms with Gasteiger partial charge in [-0.05, 0) is 25.0 Å². The van der Waals surface area contributed by atoms with E-state index in [0.717, 1.165) is 29.3 Å². The predicted molar refractivity (Wildman–Crippen MR) is 84.0 cm³/mol. The SMILES string of the molecule is N#Cc1ccc(NCC2CCCS2(=O)=O)c2ccccc12. The topological polar surface area (TPSA) is 70.0 Å². The van der Waals surface area contributed by atoms with Crippen LogP contribution in [0.5, 0.6) is 0 Å². The summed E-state index contributed by atoms with van der Waals surface area (Å²) in [6.45, 7) is 0.429. The Morgan fingerprint density at radius 1 is 1.19 bits per heavy atom. The third-order valence-electron chi connectivity index (χ3n) is 4.03. The van der Waals surface area contributed by atoms with Crippen LogP contribution in [0.1, 0.15) is 18.4 Å². The molecule has 1 unspecified atom stereocenters. The summed E-state index contributed by atoms with van der Waals surface area (Å²) < 4.78 is 23.7. The fourth-order valence-corrected chi connectivity index (χ4v) is 4.63. The molecule has 0 saturated carbocycles. The maximum Gasteiger partial charge on any atom is 0.154 e. The summed E-state index contributed by atoms with van der Waals surface area (Å²) in [5.41, 5.74) is 1.51. The molecule has 1 saturated heterocycles. The Morgan fingerprint density at radius 2 is 1.95 bits per heavy atom. The Kier molecular flexibility index (Phi) is 3.56. The van der Waals surface area contributed by atoms with Crippen molar-refractivity contribution in [2.75, 3.05) is 17.6 Å². The molecule has 1 N–H and O–H groups in total. The monoisotopic (exact) mass is 300 g/mol. The van der Waals surface area contributed by atoms with Crippen LogP contribution in [0.3, 0.4) is 0 Å². The molecule has 21 heavy (non-hydrogen) atoms. The van der Waals surface area contributed by atoms with Crippen LogP contribution in [0.15, 0.2) is 36.4 Å². The Hall–Kier alpha value is -2.06. The van der Waals surface area contributed by atoms with E-state index in [4.69, 9.17) is 5.26 Å².